The number of hydrogen-bond donors (Lipinski definition) is 2. The number of nitrogens with one attached hydrogen (secondary N) is 1. The van der Waals surface area contributed by atoms with Crippen LogP contribution in [-0.4, -0.2) is 39.5 Å². The van der Waals surface area contributed by atoms with Crippen molar-refractivity contribution >= 4 is 11.4 Å². The lowest BCUT2D eigenvalue weighted by Gasteiger charge is -2.18. The maximum atomic E-state index is 8.97. The standard InChI is InChI=1S/C18H24N2O3/c1-20(10-11-21)16-7-5-15(6-8-16)19-13-14-4-9-17(22-2)18(12-14)23-3/h4-9,12,19,21H,10-11,13H2,1-3H3. The van der Waals surface area contributed by atoms with Crippen molar-refractivity contribution in [2.45, 2.75) is 6.54 Å². The SMILES string of the molecule is COc1ccc(CNc2ccc(N(C)CCO)cc2)cc1OC. The first kappa shape index (κ1) is 17.0. The first-order valence-corrected chi connectivity index (χ1v) is 7.54. The fourth-order valence-corrected chi connectivity index (χ4v) is 2.31. The fraction of sp³-hybridized carbons (Fsp3) is 0.333. The molecule has 0 radical (unpaired) electrons. The zero-order chi connectivity index (χ0) is 16.7. The van der Waals surface area contributed by atoms with E-state index in [2.05, 4.69) is 5.32 Å². The van der Waals surface area contributed by atoms with Gasteiger partial charge < -0.3 is 24.8 Å². The monoisotopic (exact) mass is 316 g/mol. The molecule has 0 spiro atoms. The molecule has 0 aliphatic heterocycles. The number of nitrogens with zero attached hydrogens (tertiary/aromatic N) is 1. The molecule has 0 bridgehead atoms. The van der Waals surface area contributed by atoms with E-state index in [9.17, 15) is 0 Å². The number of aliphatic hydroxyl groups is 1. The Morgan fingerprint density at radius 3 is 2.30 bits per heavy atom. The van der Waals surface area contributed by atoms with Gasteiger partial charge in [-0.25, -0.2) is 0 Å². The fourth-order valence-electron chi connectivity index (χ4n) is 2.31. The van der Waals surface area contributed by atoms with Crippen LogP contribution in [0.15, 0.2) is 42.5 Å². The molecule has 0 saturated heterocycles. The average Bonchev–Trinajstić information content (AvgIpc) is 2.60. The second kappa shape index (κ2) is 8.29. The summed E-state index contributed by atoms with van der Waals surface area (Å²) in [5.74, 6) is 1.46. The molecule has 0 aliphatic rings. The minimum absolute atomic E-state index is 0.149. The van der Waals surface area contributed by atoms with Gasteiger partial charge in [0.2, 0.25) is 0 Å². The second-order valence-electron chi connectivity index (χ2n) is 5.23. The molecule has 0 heterocycles. The van der Waals surface area contributed by atoms with Crippen molar-refractivity contribution in [3.63, 3.8) is 0 Å². The van der Waals surface area contributed by atoms with Crippen molar-refractivity contribution in [2.24, 2.45) is 0 Å². The van der Waals surface area contributed by atoms with Crippen molar-refractivity contribution < 1.29 is 14.6 Å². The largest absolute Gasteiger partial charge is 0.493 e. The topological polar surface area (TPSA) is 54.0 Å². The molecule has 124 valence electrons. The summed E-state index contributed by atoms with van der Waals surface area (Å²) >= 11 is 0. The highest BCUT2D eigenvalue weighted by atomic mass is 16.5. The summed E-state index contributed by atoms with van der Waals surface area (Å²) in [4.78, 5) is 2.01. The van der Waals surface area contributed by atoms with Crippen LogP contribution >= 0.6 is 0 Å². The Hall–Kier alpha value is -2.40. The Morgan fingerprint density at radius 1 is 1.00 bits per heavy atom. The van der Waals surface area contributed by atoms with E-state index in [0.29, 0.717) is 13.1 Å². The third-order valence-electron chi connectivity index (χ3n) is 3.69. The zero-order valence-electron chi connectivity index (χ0n) is 13.9. The smallest absolute Gasteiger partial charge is 0.161 e. The van der Waals surface area contributed by atoms with E-state index >= 15 is 0 Å². The van der Waals surface area contributed by atoms with Crippen LogP contribution in [0.25, 0.3) is 0 Å². The van der Waals surface area contributed by atoms with Crippen LogP contribution in [0.3, 0.4) is 0 Å². The molecule has 2 rings (SSSR count). The summed E-state index contributed by atoms with van der Waals surface area (Å²) in [6, 6.07) is 14.0. The van der Waals surface area contributed by atoms with Gasteiger partial charge in [0.1, 0.15) is 0 Å². The number of methoxy groups -OCH3 is 2. The Labute approximate surface area is 137 Å². The molecule has 5 nitrogen and oxygen atoms in total. The van der Waals surface area contributed by atoms with Crippen LogP contribution in [0.1, 0.15) is 5.56 Å². The normalized spacial score (nSPS) is 10.3. The van der Waals surface area contributed by atoms with Crippen LogP contribution in [0.4, 0.5) is 11.4 Å². The van der Waals surface area contributed by atoms with E-state index in [1.165, 1.54) is 0 Å². The van der Waals surface area contributed by atoms with Crippen molar-refractivity contribution in [1.29, 1.82) is 0 Å². The number of likely N-dealkylation sites (N-methyl/N-ethyl adjacent to an activating group) is 1. The van der Waals surface area contributed by atoms with Gasteiger partial charge in [-0.2, -0.15) is 0 Å². The van der Waals surface area contributed by atoms with E-state index in [-0.39, 0.29) is 6.61 Å². The number of ether oxygens (including phenoxy) is 2. The zero-order valence-corrected chi connectivity index (χ0v) is 13.9. The molecule has 0 unspecified atom stereocenters. The van der Waals surface area contributed by atoms with Crippen molar-refractivity contribution in [1.82, 2.24) is 0 Å². The third kappa shape index (κ3) is 4.53. The molecule has 2 aromatic rings. The number of rotatable bonds is 8. The quantitative estimate of drug-likeness (QED) is 0.784. The molecule has 0 saturated carbocycles. The van der Waals surface area contributed by atoms with Crippen LogP contribution in [0, 0.1) is 0 Å². The Bertz CT molecular complexity index is 614. The lowest BCUT2D eigenvalue weighted by Crippen LogP contribution is -2.20. The molecule has 0 fully saturated rings. The Kier molecular flexibility index (Phi) is 6.11. The number of benzene rings is 2. The maximum Gasteiger partial charge on any atom is 0.161 e. The number of anilines is 2. The van der Waals surface area contributed by atoms with Crippen molar-refractivity contribution in [3.05, 3.63) is 48.0 Å². The molecule has 0 amide bonds. The predicted octanol–water partition coefficient (Wildman–Crippen LogP) is 2.74. The summed E-state index contributed by atoms with van der Waals surface area (Å²) in [5, 5.41) is 12.4. The minimum atomic E-state index is 0.149. The Morgan fingerprint density at radius 2 is 1.70 bits per heavy atom. The van der Waals surface area contributed by atoms with Crippen LogP contribution in [-0.2, 0) is 6.54 Å². The van der Waals surface area contributed by atoms with Crippen LogP contribution in [0.2, 0.25) is 0 Å². The molecule has 0 aromatic heterocycles. The average molecular weight is 316 g/mol. The van der Waals surface area contributed by atoms with E-state index in [0.717, 1.165) is 28.4 Å². The van der Waals surface area contributed by atoms with Crippen molar-refractivity contribution in [2.75, 3.05) is 44.6 Å². The minimum Gasteiger partial charge on any atom is -0.493 e. The highest BCUT2D eigenvalue weighted by Crippen LogP contribution is 2.28. The van der Waals surface area contributed by atoms with Gasteiger partial charge in [-0.3, -0.25) is 0 Å². The Balaban J connectivity index is 1.98. The van der Waals surface area contributed by atoms with E-state index in [4.69, 9.17) is 14.6 Å². The lowest BCUT2D eigenvalue weighted by molar-refractivity contribution is 0.304. The van der Waals surface area contributed by atoms with Crippen LogP contribution < -0.4 is 19.7 Å². The number of hydrogen-bond acceptors (Lipinski definition) is 5. The highest BCUT2D eigenvalue weighted by Gasteiger charge is 2.05. The van der Waals surface area contributed by atoms with Gasteiger partial charge in [0.25, 0.3) is 0 Å². The van der Waals surface area contributed by atoms with E-state index < -0.39 is 0 Å². The summed E-state index contributed by atoms with van der Waals surface area (Å²) in [7, 11) is 5.23. The summed E-state index contributed by atoms with van der Waals surface area (Å²) in [6.07, 6.45) is 0. The predicted molar refractivity (Wildman–Crippen MR) is 93.7 cm³/mol. The van der Waals surface area contributed by atoms with Gasteiger partial charge in [0.15, 0.2) is 11.5 Å². The summed E-state index contributed by atoms with van der Waals surface area (Å²) in [5.41, 5.74) is 3.24. The van der Waals surface area contributed by atoms with E-state index in [1.807, 2.05) is 54.4 Å². The molecule has 2 N–H and O–H groups in total. The van der Waals surface area contributed by atoms with Gasteiger partial charge in [-0.1, -0.05) is 6.07 Å². The molecular weight excluding hydrogens is 292 g/mol. The first-order chi connectivity index (χ1) is 11.2. The highest BCUT2D eigenvalue weighted by molar-refractivity contribution is 5.55. The van der Waals surface area contributed by atoms with Gasteiger partial charge in [0, 0.05) is 31.5 Å². The maximum absolute atomic E-state index is 8.97. The first-order valence-electron chi connectivity index (χ1n) is 7.54. The molecule has 2 aromatic carbocycles. The van der Waals surface area contributed by atoms with Gasteiger partial charge in [-0.05, 0) is 42.0 Å². The lowest BCUT2D eigenvalue weighted by atomic mass is 10.2. The second-order valence-corrected chi connectivity index (χ2v) is 5.23. The number of aliphatic hydroxyl groups excluding tert-OH is 1. The van der Waals surface area contributed by atoms with Gasteiger partial charge in [-0.15, -0.1) is 0 Å². The van der Waals surface area contributed by atoms with Crippen molar-refractivity contribution in [3.8, 4) is 11.5 Å². The van der Waals surface area contributed by atoms with E-state index in [1.54, 1.807) is 14.2 Å². The molecular formula is C18H24N2O3. The molecule has 23 heavy (non-hydrogen) atoms. The molecule has 0 atom stereocenters. The molecule has 0 aliphatic carbocycles. The summed E-state index contributed by atoms with van der Waals surface area (Å²) in [6.45, 7) is 1.47. The third-order valence-corrected chi connectivity index (χ3v) is 3.69. The molecule has 5 heteroatoms. The van der Waals surface area contributed by atoms with Crippen LogP contribution in [0.5, 0.6) is 11.5 Å². The van der Waals surface area contributed by atoms with Gasteiger partial charge in [0.05, 0.1) is 20.8 Å². The summed E-state index contributed by atoms with van der Waals surface area (Å²) < 4.78 is 10.6. The van der Waals surface area contributed by atoms with Gasteiger partial charge >= 0.3 is 0 Å².